The molecule has 0 saturated heterocycles. The monoisotopic (exact) mass is 478 g/mol. The first-order valence-electron chi connectivity index (χ1n) is 11.4. The van der Waals surface area contributed by atoms with Gasteiger partial charge in [-0.1, -0.05) is 36.4 Å². The molecule has 180 valence electrons. The highest BCUT2D eigenvalue weighted by Gasteiger charge is 2.23. The summed E-state index contributed by atoms with van der Waals surface area (Å²) in [5.41, 5.74) is 5.43. The summed E-state index contributed by atoms with van der Waals surface area (Å²) >= 11 is 0. The molecular weight excluding hydrogens is 454 g/mol. The quantitative estimate of drug-likeness (QED) is 0.297. The molecule has 8 heteroatoms. The van der Waals surface area contributed by atoms with Crippen LogP contribution in [0.5, 0.6) is 11.5 Å². The molecule has 4 aromatic rings. The maximum absolute atomic E-state index is 13.0. The molecular formula is C27H24F2N2O4. The van der Waals surface area contributed by atoms with E-state index in [4.69, 9.17) is 14.3 Å². The molecule has 1 aromatic heterocycles. The summed E-state index contributed by atoms with van der Waals surface area (Å²) in [6.07, 6.45) is 1.99. The van der Waals surface area contributed by atoms with Crippen molar-refractivity contribution in [2.24, 2.45) is 0 Å². The SMILES string of the molecule is O=C(ONC1CC1)c1ccc2c(c1)cc(COc1ccccc1)n2Cc1ccccc1OC(F)F. The van der Waals surface area contributed by atoms with Gasteiger partial charge in [0.15, 0.2) is 0 Å². The van der Waals surface area contributed by atoms with E-state index in [2.05, 4.69) is 5.48 Å². The first-order chi connectivity index (χ1) is 17.1. The molecule has 0 atom stereocenters. The Balaban J connectivity index is 1.47. The molecule has 35 heavy (non-hydrogen) atoms. The van der Waals surface area contributed by atoms with E-state index in [1.165, 1.54) is 6.07 Å². The molecule has 1 heterocycles. The summed E-state index contributed by atoms with van der Waals surface area (Å²) in [4.78, 5) is 17.6. The van der Waals surface area contributed by atoms with Gasteiger partial charge in [-0.25, -0.2) is 4.79 Å². The summed E-state index contributed by atoms with van der Waals surface area (Å²) in [6.45, 7) is -2.39. The predicted molar refractivity (Wildman–Crippen MR) is 126 cm³/mol. The molecule has 1 fully saturated rings. The number of rotatable bonds is 10. The van der Waals surface area contributed by atoms with E-state index >= 15 is 0 Å². The maximum atomic E-state index is 13.0. The number of hydrogen-bond acceptors (Lipinski definition) is 5. The number of benzene rings is 3. The molecule has 0 amide bonds. The zero-order valence-corrected chi connectivity index (χ0v) is 18.8. The van der Waals surface area contributed by atoms with Gasteiger partial charge in [-0.2, -0.15) is 8.78 Å². The lowest BCUT2D eigenvalue weighted by atomic mass is 10.1. The number of para-hydroxylation sites is 2. The second-order valence-electron chi connectivity index (χ2n) is 8.37. The number of hydrogen-bond donors (Lipinski definition) is 1. The number of carbonyl (C=O) groups excluding carboxylic acids is 1. The average molecular weight is 478 g/mol. The lowest BCUT2D eigenvalue weighted by Gasteiger charge is -2.15. The van der Waals surface area contributed by atoms with Crippen molar-refractivity contribution in [3.05, 3.63) is 95.7 Å². The highest BCUT2D eigenvalue weighted by molar-refractivity contribution is 5.95. The van der Waals surface area contributed by atoms with E-state index in [0.29, 0.717) is 16.9 Å². The van der Waals surface area contributed by atoms with Crippen molar-refractivity contribution in [3.8, 4) is 11.5 Å². The third kappa shape index (κ3) is 5.60. The zero-order valence-electron chi connectivity index (χ0n) is 18.8. The van der Waals surface area contributed by atoms with Gasteiger partial charge in [0.2, 0.25) is 0 Å². The smallest absolute Gasteiger partial charge is 0.387 e. The van der Waals surface area contributed by atoms with E-state index in [9.17, 15) is 13.6 Å². The van der Waals surface area contributed by atoms with E-state index < -0.39 is 12.6 Å². The van der Waals surface area contributed by atoms with E-state index in [-0.39, 0.29) is 24.9 Å². The van der Waals surface area contributed by atoms with Crippen LogP contribution in [0.25, 0.3) is 10.9 Å². The van der Waals surface area contributed by atoms with Crippen LogP contribution in [0.4, 0.5) is 8.78 Å². The maximum Gasteiger partial charge on any atom is 0.387 e. The van der Waals surface area contributed by atoms with Crippen molar-refractivity contribution in [2.75, 3.05) is 0 Å². The molecule has 6 nitrogen and oxygen atoms in total. The summed E-state index contributed by atoms with van der Waals surface area (Å²) < 4.78 is 38.6. The summed E-state index contributed by atoms with van der Waals surface area (Å²) in [5, 5.41) is 0.810. The molecule has 0 aliphatic heterocycles. The van der Waals surface area contributed by atoms with Crippen LogP contribution < -0.4 is 15.0 Å². The van der Waals surface area contributed by atoms with Crippen LogP contribution in [0.15, 0.2) is 78.9 Å². The number of carbonyl (C=O) groups is 1. The topological polar surface area (TPSA) is 61.7 Å². The van der Waals surface area contributed by atoms with Crippen LogP contribution in [0.1, 0.15) is 34.5 Å². The molecule has 1 aliphatic carbocycles. The van der Waals surface area contributed by atoms with Crippen LogP contribution in [0.3, 0.4) is 0 Å². The molecule has 3 aromatic carbocycles. The first kappa shape index (κ1) is 22.9. The summed E-state index contributed by atoms with van der Waals surface area (Å²) in [5.74, 6) is 0.371. The molecule has 1 saturated carbocycles. The van der Waals surface area contributed by atoms with Crippen LogP contribution in [0.2, 0.25) is 0 Å². The third-order valence-corrected chi connectivity index (χ3v) is 5.77. The Hall–Kier alpha value is -3.91. The van der Waals surface area contributed by atoms with Crippen molar-refractivity contribution in [2.45, 2.75) is 38.6 Å². The third-order valence-electron chi connectivity index (χ3n) is 5.77. The molecule has 0 unspecified atom stereocenters. The van der Waals surface area contributed by atoms with Gasteiger partial charge in [0.1, 0.15) is 18.1 Å². The highest BCUT2D eigenvalue weighted by Crippen LogP contribution is 2.28. The van der Waals surface area contributed by atoms with Gasteiger partial charge in [-0.15, -0.1) is 5.48 Å². The van der Waals surface area contributed by atoms with Crippen molar-refractivity contribution in [3.63, 3.8) is 0 Å². The molecule has 0 radical (unpaired) electrons. The van der Waals surface area contributed by atoms with Gasteiger partial charge < -0.3 is 18.9 Å². The Morgan fingerprint density at radius 1 is 1.00 bits per heavy atom. The number of alkyl halides is 2. The highest BCUT2D eigenvalue weighted by atomic mass is 19.3. The van der Waals surface area contributed by atoms with Crippen LogP contribution >= 0.6 is 0 Å². The molecule has 1 aliphatic rings. The van der Waals surface area contributed by atoms with Gasteiger partial charge in [0, 0.05) is 22.5 Å². The minimum Gasteiger partial charge on any atom is -0.487 e. The fraction of sp³-hybridized carbons (Fsp3) is 0.222. The molecule has 0 spiro atoms. The number of ether oxygens (including phenoxy) is 2. The predicted octanol–water partition coefficient (Wildman–Crippen LogP) is 5.69. The van der Waals surface area contributed by atoms with Crippen LogP contribution in [-0.2, 0) is 18.0 Å². The van der Waals surface area contributed by atoms with Crippen molar-refractivity contribution in [1.29, 1.82) is 0 Å². The number of halogens is 2. The van der Waals surface area contributed by atoms with Gasteiger partial charge in [0.25, 0.3) is 0 Å². The van der Waals surface area contributed by atoms with Crippen molar-refractivity contribution in [1.82, 2.24) is 10.0 Å². The average Bonchev–Trinajstić information content (AvgIpc) is 3.64. The fourth-order valence-corrected chi connectivity index (χ4v) is 3.85. The van der Waals surface area contributed by atoms with Gasteiger partial charge in [-0.3, -0.25) is 0 Å². The minimum absolute atomic E-state index is 0.116. The lowest BCUT2D eigenvalue weighted by Crippen LogP contribution is -2.21. The van der Waals surface area contributed by atoms with Crippen LogP contribution in [0, 0.1) is 0 Å². The number of nitrogens with zero attached hydrogens (tertiary/aromatic N) is 1. The number of hydroxylamine groups is 1. The Bertz CT molecular complexity index is 1320. The van der Waals surface area contributed by atoms with Crippen molar-refractivity contribution >= 4 is 16.9 Å². The second kappa shape index (κ2) is 10.1. The Labute approximate surface area is 201 Å². The fourth-order valence-electron chi connectivity index (χ4n) is 3.85. The zero-order chi connectivity index (χ0) is 24.2. The summed E-state index contributed by atoms with van der Waals surface area (Å²) in [7, 11) is 0. The summed E-state index contributed by atoms with van der Waals surface area (Å²) in [6, 6.07) is 23.5. The van der Waals surface area contributed by atoms with E-state index in [1.807, 2.05) is 47.0 Å². The largest absolute Gasteiger partial charge is 0.487 e. The standard InChI is InChI=1S/C27H24F2N2O4/c28-27(29)34-25-9-5-4-6-19(25)16-31-22(17-33-23-7-2-1-3-8-23)15-20-14-18(10-13-24(20)31)26(32)35-30-21-11-12-21/h1-10,13-15,21,27,30H,11-12,16-17H2. The molecule has 1 N–H and O–H groups in total. The molecule has 0 bridgehead atoms. The first-order valence-corrected chi connectivity index (χ1v) is 11.4. The number of aromatic nitrogens is 1. The molecule has 5 rings (SSSR count). The van der Waals surface area contributed by atoms with Crippen molar-refractivity contribution < 1.29 is 27.9 Å². The number of fused-ring (bicyclic) bond motifs is 1. The Kier molecular flexibility index (Phi) is 6.63. The van der Waals surface area contributed by atoms with Gasteiger partial charge in [0.05, 0.1) is 17.8 Å². The Morgan fingerprint density at radius 3 is 2.54 bits per heavy atom. The number of nitrogens with one attached hydrogen (secondary N) is 1. The Morgan fingerprint density at radius 2 is 1.77 bits per heavy atom. The van der Waals surface area contributed by atoms with Gasteiger partial charge >= 0.3 is 12.6 Å². The van der Waals surface area contributed by atoms with Crippen LogP contribution in [-0.4, -0.2) is 23.2 Å². The van der Waals surface area contributed by atoms with E-state index in [0.717, 1.165) is 29.4 Å². The minimum atomic E-state index is -2.92. The normalized spacial score (nSPS) is 13.2. The lowest BCUT2D eigenvalue weighted by molar-refractivity contribution is -0.0504. The second-order valence-corrected chi connectivity index (χ2v) is 8.37. The van der Waals surface area contributed by atoms with E-state index in [1.54, 1.807) is 30.3 Å². The van der Waals surface area contributed by atoms with Gasteiger partial charge in [-0.05, 0) is 55.3 Å².